The zero-order chi connectivity index (χ0) is 10.2. The van der Waals surface area contributed by atoms with Crippen molar-refractivity contribution in [3.8, 4) is 0 Å². The molecule has 0 fully saturated rings. The monoisotopic (exact) mass is 239 g/mol. The summed E-state index contributed by atoms with van der Waals surface area (Å²) in [5, 5.41) is 0. The van der Waals surface area contributed by atoms with Gasteiger partial charge in [-0.1, -0.05) is 0 Å². The smallest absolute Gasteiger partial charge is 0.329 e. The van der Waals surface area contributed by atoms with Crippen molar-refractivity contribution in [2.75, 3.05) is 39.3 Å². The van der Waals surface area contributed by atoms with Crippen LogP contribution in [0, 0.1) is 0 Å². The average Bonchev–Trinajstić information content (AvgIpc) is 2.18. The minimum Gasteiger partial charge on any atom is -0.329 e. The Morgan fingerprint density at radius 3 is 0.462 bits per heavy atom. The molecule has 0 amide bonds. The fourth-order valence-corrected chi connectivity index (χ4v) is 0. The topological polar surface area (TPSA) is 156 Å². The van der Waals surface area contributed by atoms with Gasteiger partial charge in [0.1, 0.15) is 0 Å². The van der Waals surface area contributed by atoms with E-state index in [2.05, 4.69) is 0 Å². The Morgan fingerprint density at radius 2 is 0.462 bits per heavy atom. The van der Waals surface area contributed by atoms with Crippen molar-refractivity contribution >= 4 is 0 Å². The Balaban J connectivity index is -0.0000000450. The Labute approximate surface area is 90.9 Å². The predicted molar refractivity (Wildman–Crippen MR) is 54.3 cm³/mol. The van der Waals surface area contributed by atoms with E-state index in [1.165, 1.54) is 0 Å². The van der Waals surface area contributed by atoms with Gasteiger partial charge < -0.3 is 34.4 Å². The van der Waals surface area contributed by atoms with Gasteiger partial charge in [0.25, 0.3) is 0 Å². The molecule has 0 radical (unpaired) electrons. The van der Waals surface area contributed by atoms with E-state index in [1.807, 2.05) is 0 Å². The van der Waals surface area contributed by atoms with E-state index in [-0.39, 0.29) is 16.8 Å². The van der Waals surface area contributed by atoms with Crippen molar-refractivity contribution in [3.63, 3.8) is 0 Å². The predicted octanol–water partition coefficient (Wildman–Crippen LogP) is -3.29. The standard InChI is InChI=1S/3C2H8N2.Co/c3*3-1-2-4;/h3*1-4H2;/q;;;+3. The van der Waals surface area contributed by atoms with E-state index >= 15 is 0 Å². The molecule has 0 aromatic carbocycles. The summed E-state index contributed by atoms with van der Waals surface area (Å²) in [5.41, 5.74) is 29.4. The summed E-state index contributed by atoms with van der Waals surface area (Å²) >= 11 is 0. The molecule has 84 valence electrons. The molecule has 0 saturated heterocycles. The quantitative estimate of drug-likeness (QED) is 0.303. The van der Waals surface area contributed by atoms with Crippen LogP contribution in [0.1, 0.15) is 0 Å². The van der Waals surface area contributed by atoms with Gasteiger partial charge >= 0.3 is 16.8 Å². The molecule has 0 aromatic heterocycles. The number of rotatable bonds is 3. The second-order valence-electron chi connectivity index (χ2n) is 1.73. The maximum absolute atomic E-state index is 4.90. The van der Waals surface area contributed by atoms with Crippen LogP contribution in [-0.4, -0.2) is 39.3 Å². The van der Waals surface area contributed by atoms with Gasteiger partial charge in [-0.2, -0.15) is 0 Å². The van der Waals surface area contributed by atoms with Crippen molar-refractivity contribution in [1.82, 2.24) is 0 Å². The summed E-state index contributed by atoms with van der Waals surface area (Å²) in [6, 6.07) is 0. The molecule has 0 heterocycles. The molecule has 0 rings (SSSR count). The SMILES string of the molecule is NCCN.NCCN.NCCN.[Co+3]. The third-order valence-corrected chi connectivity index (χ3v) is 0.500. The van der Waals surface area contributed by atoms with Crippen molar-refractivity contribution in [3.05, 3.63) is 0 Å². The van der Waals surface area contributed by atoms with Crippen molar-refractivity contribution in [2.45, 2.75) is 0 Å². The van der Waals surface area contributed by atoms with Gasteiger partial charge in [-0.25, -0.2) is 0 Å². The summed E-state index contributed by atoms with van der Waals surface area (Å²) < 4.78 is 0. The fraction of sp³-hybridized carbons (Fsp3) is 1.00. The first-order valence-electron chi connectivity index (χ1n) is 3.95. The van der Waals surface area contributed by atoms with E-state index in [1.54, 1.807) is 0 Å². The van der Waals surface area contributed by atoms with E-state index in [9.17, 15) is 0 Å². The summed E-state index contributed by atoms with van der Waals surface area (Å²) in [6.07, 6.45) is 0. The molecule has 0 aliphatic heterocycles. The van der Waals surface area contributed by atoms with Crippen LogP contribution in [0.4, 0.5) is 0 Å². The second-order valence-corrected chi connectivity index (χ2v) is 1.73. The molecule has 0 saturated carbocycles. The van der Waals surface area contributed by atoms with Crippen LogP contribution in [0.3, 0.4) is 0 Å². The summed E-state index contributed by atoms with van der Waals surface area (Å²) in [5.74, 6) is 0. The van der Waals surface area contributed by atoms with E-state index < -0.39 is 0 Å². The molecule has 6 nitrogen and oxygen atoms in total. The summed E-state index contributed by atoms with van der Waals surface area (Å²) in [7, 11) is 0. The number of hydrogen-bond donors (Lipinski definition) is 6. The van der Waals surface area contributed by atoms with Gasteiger partial charge in [-0.05, 0) is 0 Å². The Hall–Kier alpha value is 0.266. The second kappa shape index (κ2) is 39.7. The number of hydrogen-bond acceptors (Lipinski definition) is 6. The minimum atomic E-state index is 0. The molecule has 0 unspecified atom stereocenters. The zero-order valence-electron chi connectivity index (χ0n) is 8.04. The first-order valence-corrected chi connectivity index (χ1v) is 3.95. The molecule has 0 spiro atoms. The van der Waals surface area contributed by atoms with Crippen LogP contribution in [0.5, 0.6) is 0 Å². The molecule has 0 aromatic rings. The van der Waals surface area contributed by atoms with Gasteiger partial charge in [-0.3, -0.25) is 0 Å². The first kappa shape index (κ1) is 23.2. The molecule has 0 aliphatic carbocycles. The summed E-state index contributed by atoms with van der Waals surface area (Å²) in [6.45, 7) is 3.58. The maximum Gasteiger partial charge on any atom is 3.00 e. The zero-order valence-corrected chi connectivity index (χ0v) is 9.08. The van der Waals surface area contributed by atoms with Crippen LogP contribution >= 0.6 is 0 Å². The average molecular weight is 239 g/mol. The van der Waals surface area contributed by atoms with Gasteiger partial charge in [0.05, 0.1) is 0 Å². The van der Waals surface area contributed by atoms with Crippen LogP contribution in [-0.2, 0) is 16.8 Å². The van der Waals surface area contributed by atoms with Gasteiger partial charge in [0.2, 0.25) is 0 Å². The van der Waals surface area contributed by atoms with Crippen LogP contribution in [0.15, 0.2) is 0 Å². The molecule has 13 heavy (non-hydrogen) atoms. The van der Waals surface area contributed by atoms with E-state index in [4.69, 9.17) is 34.4 Å². The largest absolute Gasteiger partial charge is 3.00 e. The maximum atomic E-state index is 4.90. The molecular weight excluding hydrogens is 215 g/mol. The first-order chi connectivity index (χ1) is 5.74. The molecule has 0 aliphatic rings. The van der Waals surface area contributed by atoms with Crippen molar-refractivity contribution < 1.29 is 16.8 Å². The van der Waals surface area contributed by atoms with Gasteiger partial charge in [-0.15, -0.1) is 0 Å². The van der Waals surface area contributed by atoms with E-state index in [0.29, 0.717) is 39.3 Å². The normalized spacial score (nSPS) is 6.92. The minimum absolute atomic E-state index is 0. The third-order valence-electron chi connectivity index (χ3n) is 0.500. The Morgan fingerprint density at radius 1 is 0.385 bits per heavy atom. The molecule has 0 atom stereocenters. The number of nitrogens with two attached hydrogens (primary N) is 6. The molecule has 7 heteroatoms. The molecular formula is C6H24CoN6+3. The molecule has 0 bridgehead atoms. The van der Waals surface area contributed by atoms with Crippen molar-refractivity contribution in [1.29, 1.82) is 0 Å². The van der Waals surface area contributed by atoms with Crippen LogP contribution < -0.4 is 34.4 Å². The fourth-order valence-electron chi connectivity index (χ4n) is 0. The Bertz CT molecular complexity index is 32.6. The van der Waals surface area contributed by atoms with E-state index in [0.717, 1.165) is 0 Å². The van der Waals surface area contributed by atoms with Crippen LogP contribution in [0.2, 0.25) is 0 Å². The van der Waals surface area contributed by atoms with Crippen LogP contribution in [0.25, 0.3) is 0 Å². The Kier molecular flexibility index (Phi) is 70.9. The third kappa shape index (κ3) is 121. The summed E-state index contributed by atoms with van der Waals surface area (Å²) in [4.78, 5) is 0. The van der Waals surface area contributed by atoms with Crippen molar-refractivity contribution in [2.24, 2.45) is 34.4 Å². The van der Waals surface area contributed by atoms with Gasteiger partial charge in [0, 0.05) is 39.3 Å². The van der Waals surface area contributed by atoms with Gasteiger partial charge in [0.15, 0.2) is 0 Å². The molecule has 12 N–H and O–H groups in total.